The second-order valence-corrected chi connectivity index (χ2v) is 4.54. The van der Waals surface area contributed by atoms with Gasteiger partial charge in [-0.2, -0.15) is 0 Å². The van der Waals surface area contributed by atoms with Gasteiger partial charge >= 0.3 is 0 Å². The molecule has 0 atom stereocenters. The molecule has 0 unspecified atom stereocenters. The number of carbonyl (C=O) groups excluding carboxylic acids is 1. The number of aryl methyl sites for hydroxylation is 3. The number of para-hydroxylation sites is 1. The Morgan fingerprint density at radius 1 is 0.800 bits per heavy atom. The molecule has 1 N–H and O–H groups in total. The van der Waals surface area contributed by atoms with Crippen LogP contribution in [0.4, 0.5) is 5.69 Å². The summed E-state index contributed by atoms with van der Waals surface area (Å²) in [6, 6.07) is 13.7. The first-order valence-corrected chi connectivity index (χ1v) is 7.03. The second kappa shape index (κ2) is 7.49. The molecule has 0 saturated heterocycles. The second-order valence-electron chi connectivity index (χ2n) is 4.54. The van der Waals surface area contributed by atoms with Gasteiger partial charge in [0.25, 0.3) is 5.91 Å². The molecule has 106 valence electrons. The minimum absolute atomic E-state index is 0.0418. The summed E-state index contributed by atoms with van der Waals surface area (Å²) in [5, 5.41) is 2.97. The molecule has 0 aliphatic carbocycles. The van der Waals surface area contributed by atoms with E-state index in [9.17, 15) is 4.79 Å². The summed E-state index contributed by atoms with van der Waals surface area (Å²) in [5.41, 5.74) is 4.70. The summed E-state index contributed by atoms with van der Waals surface area (Å²) in [4.78, 5) is 12.3. The molecule has 0 radical (unpaired) electrons. The van der Waals surface area contributed by atoms with Crippen molar-refractivity contribution in [2.75, 3.05) is 5.32 Å². The van der Waals surface area contributed by atoms with Gasteiger partial charge in [0.2, 0.25) is 0 Å². The predicted octanol–water partition coefficient (Wildman–Crippen LogP) is 4.89. The molecule has 2 aromatic carbocycles. The van der Waals surface area contributed by atoms with E-state index in [2.05, 4.69) is 5.32 Å². The van der Waals surface area contributed by atoms with Crippen molar-refractivity contribution in [2.45, 2.75) is 34.6 Å². The average molecular weight is 269 g/mol. The van der Waals surface area contributed by atoms with Crippen molar-refractivity contribution in [1.82, 2.24) is 0 Å². The van der Waals surface area contributed by atoms with Crippen LogP contribution in [-0.4, -0.2) is 5.91 Å². The first kappa shape index (κ1) is 16.0. The fourth-order valence-corrected chi connectivity index (χ4v) is 2.07. The van der Waals surface area contributed by atoms with Gasteiger partial charge < -0.3 is 5.32 Å². The fourth-order valence-electron chi connectivity index (χ4n) is 2.07. The maximum absolute atomic E-state index is 12.3. The van der Waals surface area contributed by atoms with Crippen molar-refractivity contribution in [3.8, 4) is 0 Å². The van der Waals surface area contributed by atoms with Crippen LogP contribution in [0.3, 0.4) is 0 Å². The van der Waals surface area contributed by atoms with Gasteiger partial charge in [0.15, 0.2) is 0 Å². The summed E-state index contributed by atoms with van der Waals surface area (Å²) in [6.07, 6.45) is 0. The van der Waals surface area contributed by atoms with Crippen LogP contribution in [0.5, 0.6) is 0 Å². The fraction of sp³-hybridized carbons (Fsp3) is 0.278. The zero-order valence-electron chi connectivity index (χ0n) is 12.9. The van der Waals surface area contributed by atoms with Gasteiger partial charge in [-0.05, 0) is 43.5 Å². The number of rotatable bonds is 2. The quantitative estimate of drug-likeness (QED) is 0.826. The van der Waals surface area contributed by atoms with Crippen LogP contribution < -0.4 is 5.32 Å². The maximum atomic E-state index is 12.3. The average Bonchev–Trinajstić information content (AvgIpc) is 2.43. The number of amides is 1. The van der Waals surface area contributed by atoms with Crippen LogP contribution in [0.1, 0.15) is 40.9 Å². The van der Waals surface area contributed by atoms with Gasteiger partial charge in [-0.15, -0.1) is 0 Å². The van der Waals surface area contributed by atoms with Crippen molar-refractivity contribution >= 4 is 11.6 Å². The number of anilines is 1. The largest absolute Gasteiger partial charge is 0.322 e. The minimum atomic E-state index is -0.0418. The van der Waals surface area contributed by atoms with Crippen LogP contribution in [0.25, 0.3) is 0 Å². The zero-order chi connectivity index (χ0) is 15.1. The van der Waals surface area contributed by atoms with E-state index in [1.54, 1.807) is 0 Å². The van der Waals surface area contributed by atoms with Crippen molar-refractivity contribution < 1.29 is 4.79 Å². The zero-order valence-corrected chi connectivity index (χ0v) is 12.9. The van der Waals surface area contributed by atoms with Crippen molar-refractivity contribution in [2.24, 2.45) is 0 Å². The Morgan fingerprint density at radius 3 is 1.85 bits per heavy atom. The lowest BCUT2D eigenvalue weighted by Crippen LogP contribution is -2.15. The third kappa shape index (κ3) is 3.70. The van der Waals surface area contributed by atoms with Crippen LogP contribution >= 0.6 is 0 Å². The van der Waals surface area contributed by atoms with Crippen molar-refractivity contribution in [1.29, 1.82) is 0 Å². The number of nitrogens with one attached hydrogen (secondary N) is 1. The molecule has 0 saturated carbocycles. The molecule has 20 heavy (non-hydrogen) atoms. The monoisotopic (exact) mass is 269 g/mol. The molecule has 0 bridgehead atoms. The van der Waals surface area contributed by atoms with Crippen LogP contribution in [-0.2, 0) is 0 Å². The molecule has 2 nitrogen and oxygen atoms in total. The Bertz CT molecular complexity index is 567. The molecule has 0 aliphatic heterocycles. The highest BCUT2D eigenvalue weighted by Crippen LogP contribution is 2.18. The van der Waals surface area contributed by atoms with Gasteiger partial charge in [-0.1, -0.05) is 50.2 Å². The van der Waals surface area contributed by atoms with Gasteiger partial charge in [-0.25, -0.2) is 0 Å². The van der Waals surface area contributed by atoms with Gasteiger partial charge in [-0.3, -0.25) is 4.79 Å². The lowest BCUT2D eigenvalue weighted by Gasteiger charge is -2.11. The highest BCUT2D eigenvalue weighted by atomic mass is 16.1. The Labute approximate surface area is 121 Å². The molecule has 2 heteroatoms. The van der Waals surface area contributed by atoms with E-state index in [1.165, 1.54) is 0 Å². The molecule has 0 fully saturated rings. The molecule has 0 heterocycles. The first-order valence-electron chi connectivity index (χ1n) is 7.03. The summed E-state index contributed by atoms with van der Waals surface area (Å²) >= 11 is 0. The Balaban J connectivity index is 0.000000956. The molecule has 1 amide bonds. The normalized spacial score (nSPS) is 9.45. The topological polar surface area (TPSA) is 29.1 Å². The van der Waals surface area contributed by atoms with E-state index >= 15 is 0 Å². The maximum Gasteiger partial charge on any atom is 0.256 e. The Morgan fingerprint density at radius 2 is 1.30 bits per heavy atom. The highest BCUT2D eigenvalue weighted by Gasteiger charge is 2.12. The van der Waals surface area contributed by atoms with Gasteiger partial charge in [0.1, 0.15) is 0 Å². The predicted molar refractivity (Wildman–Crippen MR) is 86.4 cm³/mol. The number of carbonyl (C=O) groups is 1. The number of hydrogen-bond acceptors (Lipinski definition) is 1. The Kier molecular flexibility index (Phi) is 5.98. The number of benzene rings is 2. The van der Waals surface area contributed by atoms with Crippen LogP contribution in [0, 0.1) is 20.8 Å². The Hall–Kier alpha value is -2.09. The minimum Gasteiger partial charge on any atom is -0.322 e. The van der Waals surface area contributed by atoms with E-state index in [0.29, 0.717) is 0 Å². The summed E-state index contributed by atoms with van der Waals surface area (Å²) < 4.78 is 0. The van der Waals surface area contributed by atoms with E-state index < -0.39 is 0 Å². The summed E-state index contributed by atoms with van der Waals surface area (Å²) in [6.45, 7) is 9.90. The molecule has 0 aromatic heterocycles. The summed E-state index contributed by atoms with van der Waals surface area (Å²) in [5.74, 6) is -0.0418. The van der Waals surface area contributed by atoms with Gasteiger partial charge in [0.05, 0.1) is 0 Å². The SMILES string of the molecule is CC.Cc1ccccc1NC(=O)c1c(C)cccc1C. The molecular weight excluding hydrogens is 246 g/mol. The highest BCUT2D eigenvalue weighted by molar-refractivity contribution is 6.06. The van der Waals surface area contributed by atoms with Crippen molar-refractivity contribution in [3.05, 3.63) is 64.7 Å². The van der Waals surface area contributed by atoms with E-state index in [4.69, 9.17) is 0 Å². The lowest BCUT2D eigenvalue weighted by molar-refractivity contribution is 0.102. The van der Waals surface area contributed by atoms with Crippen LogP contribution in [0.2, 0.25) is 0 Å². The standard InChI is InChI=1S/C16H17NO.C2H6/c1-11-7-4-5-10-14(11)17-16(18)15-12(2)8-6-9-13(15)3;1-2/h4-10H,1-3H3,(H,17,18);1-2H3. The molecule has 0 aliphatic rings. The van der Waals surface area contributed by atoms with E-state index in [-0.39, 0.29) is 5.91 Å². The molecular formula is C18H23NO. The number of hydrogen-bond donors (Lipinski definition) is 1. The van der Waals surface area contributed by atoms with E-state index in [1.807, 2.05) is 77.1 Å². The third-order valence-corrected chi connectivity index (χ3v) is 3.10. The first-order chi connectivity index (χ1) is 9.59. The third-order valence-electron chi connectivity index (χ3n) is 3.10. The molecule has 2 rings (SSSR count). The van der Waals surface area contributed by atoms with Crippen LogP contribution in [0.15, 0.2) is 42.5 Å². The van der Waals surface area contributed by atoms with E-state index in [0.717, 1.165) is 27.9 Å². The molecule has 0 spiro atoms. The van der Waals surface area contributed by atoms with Crippen molar-refractivity contribution in [3.63, 3.8) is 0 Å². The smallest absolute Gasteiger partial charge is 0.256 e. The molecule has 2 aromatic rings. The van der Waals surface area contributed by atoms with Gasteiger partial charge in [0, 0.05) is 11.3 Å². The summed E-state index contributed by atoms with van der Waals surface area (Å²) in [7, 11) is 0. The lowest BCUT2D eigenvalue weighted by atomic mass is 10.0.